The van der Waals surface area contributed by atoms with Gasteiger partial charge in [0, 0.05) is 18.1 Å². The average molecular weight is 263 g/mol. The van der Waals surface area contributed by atoms with Crippen molar-refractivity contribution in [1.82, 2.24) is 14.8 Å². The van der Waals surface area contributed by atoms with Gasteiger partial charge in [-0.05, 0) is 17.3 Å². The molecule has 2 heterocycles. The Hall–Kier alpha value is -2.22. The number of nitrogens with zero attached hydrogens (tertiary/aromatic N) is 3. The summed E-state index contributed by atoms with van der Waals surface area (Å²) in [6.45, 7) is 1.27. The number of fused-ring (bicyclic) bond motifs is 1. The maximum Gasteiger partial charge on any atom is 0.261 e. The van der Waals surface area contributed by atoms with E-state index in [-0.39, 0.29) is 5.91 Å². The van der Waals surface area contributed by atoms with Gasteiger partial charge in [0.1, 0.15) is 6.61 Å². The monoisotopic (exact) mass is 263 g/mol. The molecule has 0 saturated heterocycles. The van der Waals surface area contributed by atoms with E-state index in [2.05, 4.69) is 25.4 Å². The minimum atomic E-state index is -0.283. The van der Waals surface area contributed by atoms with Crippen LogP contribution in [0.15, 0.2) is 18.2 Å². The van der Waals surface area contributed by atoms with Crippen molar-refractivity contribution in [1.29, 1.82) is 0 Å². The standard InChI is InChI=1S/C10H9N5O2S/c16-9(12-10-13-14-15-18-10)6-2-1-3-7-8(6)17-5-4-11-7/h1-3,11H,4-5H2,(H,12,13,15,16). The molecule has 8 heteroatoms. The number of hydrogen-bond acceptors (Lipinski definition) is 7. The Bertz CT molecular complexity index is 572. The van der Waals surface area contributed by atoms with Gasteiger partial charge in [-0.25, -0.2) is 0 Å². The molecule has 0 atom stereocenters. The zero-order valence-corrected chi connectivity index (χ0v) is 10.0. The molecule has 0 aliphatic carbocycles. The largest absolute Gasteiger partial charge is 0.489 e. The molecule has 0 fully saturated rings. The van der Waals surface area contributed by atoms with Gasteiger partial charge < -0.3 is 10.1 Å². The summed E-state index contributed by atoms with van der Waals surface area (Å²) in [5.74, 6) is 0.285. The van der Waals surface area contributed by atoms with Gasteiger partial charge in [0.25, 0.3) is 5.91 Å². The summed E-state index contributed by atoms with van der Waals surface area (Å²) in [7, 11) is 0. The highest BCUT2D eigenvalue weighted by Crippen LogP contribution is 2.31. The van der Waals surface area contributed by atoms with Gasteiger partial charge in [-0.1, -0.05) is 15.7 Å². The van der Waals surface area contributed by atoms with E-state index < -0.39 is 0 Å². The number of carbonyl (C=O) groups excluding carboxylic acids is 1. The fourth-order valence-corrected chi connectivity index (χ4v) is 2.06. The van der Waals surface area contributed by atoms with E-state index in [1.165, 1.54) is 0 Å². The molecule has 0 bridgehead atoms. The van der Waals surface area contributed by atoms with Crippen LogP contribution in [-0.2, 0) is 0 Å². The Labute approximate surface area is 106 Å². The molecule has 1 aromatic carbocycles. The van der Waals surface area contributed by atoms with Crippen LogP contribution in [-0.4, -0.2) is 33.9 Å². The van der Waals surface area contributed by atoms with Crippen LogP contribution in [0.2, 0.25) is 0 Å². The highest BCUT2D eigenvalue weighted by Gasteiger charge is 2.19. The van der Waals surface area contributed by atoms with E-state index in [1.807, 2.05) is 6.07 Å². The number of nitrogens with one attached hydrogen (secondary N) is 2. The van der Waals surface area contributed by atoms with Gasteiger partial charge in [-0.2, -0.15) is 0 Å². The lowest BCUT2D eigenvalue weighted by atomic mass is 10.1. The molecule has 0 spiro atoms. The molecule has 1 aromatic heterocycles. The molecule has 3 rings (SSSR count). The normalized spacial score (nSPS) is 13.1. The maximum absolute atomic E-state index is 12.1. The minimum Gasteiger partial charge on any atom is -0.489 e. The number of hydrogen-bond donors (Lipinski definition) is 2. The molecule has 92 valence electrons. The highest BCUT2D eigenvalue weighted by molar-refractivity contribution is 7.09. The Kier molecular flexibility index (Phi) is 2.77. The first kappa shape index (κ1) is 10.9. The SMILES string of the molecule is O=C(Nc1nnns1)c1cccc2c1OCCN2. The van der Waals surface area contributed by atoms with Gasteiger partial charge in [-0.3, -0.25) is 10.1 Å². The Morgan fingerprint density at radius 2 is 2.44 bits per heavy atom. The van der Waals surface area contributed by atoms with Crippen molar-refractivity contribution in [2.24, 2.45) is 0 Å². The summed E-state index contributed by atoms with van der Waals surface area (Å²) in [5.41, 5.74) is 1.29. The van der Waals surface area contributed by atoms with Crippen molar-refractivity contribution < 1.29 is 9.53 Å². The minimum absolute atomic E-state index is 0.283. The van der Waals surface area contributed by atoms with Crippen molar-refractivity contribution in [2.45, 2.75) is 0 Å². The van der Waals surface area contributed by atoms with Crippen LogP contribution in [0.25, 0.3) is 0 Å². The number of para-hydroxylation sites is 1. The quantitative estimate of drug-likeness (QED) is 0.840. The van der Waals surface area contributed by atoms with Gasteiger partial charge in [-0.15, -0.1) is 0 Å². The summed E-state index contributed by atoms with van der Waals surface area (Å²) >= 11 is 1.02. The molecule has 18 heavy (non-hydrogen) atoms. The van der Waals surface area contributed by atoms with E-state index in [9.17, 15) is 4.79 Å². The third-order valence-electron chi connectivity index (χ3n) is 2.44. The van der Waals surface area contributed by atoms with Crippen molar-refractivity contribution in [3.05, 3.63) is 23.8 Å². The number of carbonyl (C=O) groups is 1. The second-order valence-electron chi connectivity index (χ2n) is 3.58. The molecular weight excluding hydrogens is 254 g/mol. The second kappa shape index (κ2) is 4.57. The maximum atomic E-state index is 12.1. The van der Waals surface area contributed by atoms with Crippen LogP contribution in [0, 0.1) is 0 Å². The number of aromatic nitrogens is 3. The summed E-state index contributed by atoms with van der Waals surface area (Å²) in [6, 6.07) is 5.38. The third-order valence-corrected chi connectivity index (χ3v) is 2.95. The molecule has 7 nitrogen and oxygen atoms in total. The molecule has 1 amide bonds. The highest BCUT2D eigenvalue weighted by atomic mass is 32.1. The first-order valence-electron chi connectivity index (χ1n) is 5.30. The fourth-order valence-electron chi connectivity index (χ4n) is 1.70. The number of amides is 1. The van der Waals surface area contributed by atoms with Gasteiger partial charge in [0.05, 0.1) is 11.3 Å². The molecule has 1 aliphatic rings. The van der Waals surface area contributed by atoms with Crippen LogP contribution >= 0.6 is 11.5 Å². The van der Waals surface area contributed by atoms with E-state index in [0.717, 1.165) is 23.8 Å². The smallest absolute Gasteiger partial charge is 0.261 e. The van der Waals surface area contributed by atoms with Gasteiger partial charge >= 0.3 is 0 Å². The van der Waals surface area contributed by atoms with Crippen LogP contribution in [0.5, 0.6) is 5.75 Å². The molecule has 2 aromatic rings. The zero-order chi connectivity index (χ0) is 12.4. The van der Waals surface area contributed by atoms with E-state index >= 15 is 0 Å². The van der Waals surface area contributed by atoms with Gasteiger partial charge in [0.2, 0.25) is 5.13 Å². The number of anilines is 2. The average Bonchev–Trinajstić information content (AvgIpc) is 2.91. The Balaban J connectivity index is 1.89. The molecule has 2 N–H and O–H groups in total. The molecule has 1 aliphatic heterocycles. The summed E-state index contributed by atoms with van der Waals surface area (Å²) in [4.78, 5) is 12.1. The molecule has 0 saturated carbocycles. The van der Waals surface area contributed by atoms with Crippen molar-refractivity contribution >= 4 is 28.3 Å². The van der Waals surface area contributed by atoms with Crippen LogP contribution in [0.3, 0.4) is 0 Å². The second-order valence-corrected chi connectivity index (χ2v) is 4.31. The summed E-state index contributed by atoms with van der Waals surface area (Å²) < 4.78 is 9.10. The van der Waals surface area contributed by atoms with Crippen LogP contribution < -0.4 is 15.4 Å². The molecular formula is C10H9N5O2S. The zero-order valence-electron chi connectivity index (χ0n) is 9.21. The Morgan fingerprint density at radius 3 is 3.28 bits per heavy atom. The first-order valence-corrected chi connectivity index (χ1v) is 6.08. The lowest BCUT2D eigenvalue weighted by molar-refractivity contribution is 0.102. The van der Waals surface area contributed by atoms with Crippen molar-refractivity contribution in [3.63, 3.8) is 0 Å². The first-order chi connectivity index (χ1) is 8.84. The molecule has 0 radical (unpaired) electrons. The van der Waals surface area contributed by atoms with Crippen molar-refractivity contribution in [3.8, 4) is 5.75 Å². The predicted molar refractivity (Wildman–Crippen MR) is 66.1 cm³/mol. The van der Waals surface area contributed by atoms with E-state index in [1.54, 1.807) is 12.1 Å². The topological polar surface area (TPSA) is 89.0 Å². The number of rotatable bonds is 2. The van der Waals surface area contributed by atoms with Crippen molar-refractivity contribution in [2.75, 3.05) is 23.8 Å². The summed E-state index contributed by atoms with van der Waals surface area (Å²) in [6.07, 6.45) is 0. The lowest BCUT2D eigenvalue weighted by Crippen LogP contribution is -2.21. The summed E-state index contributed by atoms with van der Waals surface area (Å²) in [5, 5.41) is 13.2. The fraction of sp³-hybridized carbons (Fsp3) is 0.200. The Morgan fingerprint density at radius 1 is 1.50 bits per heavy atom. The molecule has 0 unspecified atom stereocenters. The van der Waals surface area contributed by atoms with E-state index in [0.29, 0.717) is 23.1 Å². The number of benzene rings is 1. The number of ether oxygens (including phenoxy) is 1. The van der Waals surface area contributed by atoms with Crippen LogP contribution in [0.4, 0.5) is 10.8 Å². The lowest BCUT2D eigenvalue weighted by Gasteiger charge is -2.21. The van der Waals surface area contributed by atoms with E-state index in [4.69, 9.17) is 4.74 Å². The van der Waals surface area contributed by atoms with Gasteiger partial charge in [0.15, 0.2) is 5.75 Å². The predicted octanol–water partition coefficient (Wildman–Crippen LogP) is 0.990. The third kappa shape index (κ3) is 1.97. The van der Waals surface area contributed by atoms with Crippen LogP contribution in [0.1, 0.15) is 10.4 Å².